The summed E-state index contributed by atoms with van der Waals surface area (Å²) >= 11 is 1.08. The molecule has 0 radical (unpaired) electrons. The number of rotatable bonds is 5. The van der Waals surface area contributed by atoms with Crippen molar-refractivity contribution >= 4 is 17.7 Å². The highest BCUT2D eigenvalue weighted by molar-refractivity contribution is 7.99. The van der Waals surface area contributed by atoms with Gasteiger partial charge in [0.2, 0.25) is 0 Å². The van der Waals surface area contributed by atoms with Crippen molar-refractivity contribution in [2.45, 2.75) is 50.2 Å². The number of hydrogen-bond acceptors (Lipinski definition) is 5. The molecule has 1 aliphatic rings. The zero-order chi connectivity index (χ0) is 13.0. The van der Waals surface area contributed by atoms with Crippen molar-refractivity contribution in [3.8, 4) is 0 Å². The summed E-state index contributed by atoms with van der Waals surface area (Å²) in [6.45, 7) is 2.24. The van der Waals surface area contributed by atoms with Crippen molar-refractivity contribution in [3.63, 3.8) is 0 Å². The molecule has 0 aliphatic heterocycles. The highest BCUT2D eigenvalue weighted by Gasteiger charge is 2.25. The quantitative estimate of drug-likeness (QED) is 0.829. The Morgan fingerprint density at radius 2 is 2.17 bits per heavy atom. The number of carboxylic acids is 1. The van der Waals surface area contributed by atoms with Crippen LogP contribution in [0.5, 0.6) is 0 Å². The van der Waals surface area contributed by atoms with Crippen molar-refractivity contribution in [1.82, 2.24) is 10.1 Å². The fourth-order valence-corrected chi connectivity index (χ4v) is 2.89. The summed E-state index contributed by atoms with van der Waals surface area (Å²) < 4.78 is 5.06. The highest BCUT2D eigenvalue weighted by Crippen LogP contribution is 2.36. The molecule has 5 nitrogen and oxygen atoms in total. The largest absolute Gasteiger partial charge is 0.481 e. The first kappa shape index (κ1) is 13.4. The van der Waals surface area contributed by atoms with E-state index >= 15 is 0 Å². The molecule has 0 atom stereocenters. The molecular weight excluding hydrogens is 252 g/mol. The van der Waals surface area contributed by atoms with Crippen LogP contribution in [0, 0.1) is 5.92 Å². The van der Waals surface area contributed by atoms with E-state index in [-0.39, 0.29) is 5.75 Å². The van der Waals surface area contributed by atoms with Gasteiger partial charge in [0.05, 0.1) is 0 Å². The number of carboxylic acid groups (broad SMARTS) is 1. The summed E-state index contributed by atoms with van der Waals surface area (Å²) in [5, 5.41) is 12.9. The minimum Gasteiger partial charge on any atom is -0.481 e. The summed E-state index contributed by atoms with van der Waals surface area (Å²) in [5.74, 6) is 1.06. The van der Waals surface area contributed by atoms with E-state index in [0.29, 0.717) is 11.1 Å². The van der Waals surface area contributed by atoms with E-state index in [1.807, 2.05) is 0 Å². The Morgan fingerprint density at radius 1 is 1.44 bits per heavy atom. The van der Waals surface area contributed by atoms with Crippen LogP contribution in [-0.4, -0.2) is 27.0 Å². The Labute approximate surface area is 110 Å². The maximum absolute atomic E-state index is 10.4. The van der Waals surface area contributed by atoms with Gasteiger partial charge in [0.1, 0.15) is 5.75 Å². The molecule has 1 N–H and O–H groups in total. The molecule has 0 unspecified atom stereocenters. The lowest BCUT2D eigenvalue weighted by molar-refractivity contribution is -0.133. The van der Waals surface area contributed by atoms with Crippen LogP contribution in [0.15, 0.2) is 9.75 Å². The van der Waals surface area contributed by atoms with Gasteiger partial charge in [-0.25, -0.2) is 0 Å². The zero-order valence-electron chi connectivity index (χ0n) is 10.5. The Balaban J connectivity index is 1.88. The predicted octanol–water partition coefficient (Wildman–Crippen LogP) is 2.93. The minimum absolute atomic E-state index is 0.0375. The van der Waals surface area contributed by atoms with Crippen LogP contribution in [0.2, 0.25) is 0 Å². The molecule has 1 fully saturated rings. The van der Waals surface area contributed by atoms with Gasteiger partial charge in [-0.05, 0) is 31.6 Å². The molecule has 0 aromatic carbocycles. The Hall–Kier alpha value is -1.04. The lowest BCUT2D eigenvalue weighted by Crippen LogP contribution is -2.13. The zero-order valence-corrected chi connectivity index (χ0v) is 11.3. The van der Waals surface area contributed by atoms with Crippen LogP contribution in [0.25, 0.3) is 0 Å². The standard InChI is InChI=1S/C12H18N2O3S/c1-2-8-3-5-9(6-4-8)11-13-12(17-14-11)18-7-10(15)16/h8-9H,2-7H2,1H3,(H,15,16). The van der Waals surface area contributed by atoms with E-state index in [2.05, 4.69) is 17.1 Å². The monoisotopic (exact) mass is 270 g/mol. The molecule has 1 saturated carbocycles. The molecule has 1 aromatic rings. The third-order valence-electron chi connectivity index (χ3n) is 3.53. The topological polar surface area (TPSA) is 76.2 Å². The van der Waals surface area contributed by atoms with Crippen LogP contribution in [-0.2, 0) is 4.79 Å². The average Bonchev–Trinajstić information content (AvgIpc) is 2.85. The average molecular weight is 270 g/mol. The molecule has 100 valence electrons. The molecule has 0 amide bonds. The number of hydrogen-bond donors (Lipinski definition) is 1. The van der Waals surface area contributed by atoms with E-state index in [4.69, 9.17) is 9.63 Å². The first-order valence-electron chi connectivity index (χ1n) is 6.37. The van der Waals surface area contributed by atoms with Crippen molar-refractivity contribution in [2.24, 2.45) is 5.92 Å². The van der Waals surface area contributed by atoms with Gasteiger partial charge < -0.3 is 9.63 Å². The fourth-order valence-electron chi connectivity index (χ4n) is 2.40. The lowest BCUT2D eigenvalue weighted by atomic mass is 9.80. The Kier molecular flexibility index (Phi) is 4.63. The van der Waals surface area contributed by atoms with Crippen LogP contribution in [0.3, 0.4) is 0 Å². The van der Waals surface area contributed by atoms with Gasteiger partial charge in [-0.2, -0.15) is 4.98 Å². The lowest BCUT2D eigenvalue weighted by Gasteiger charge is -2.25. The smallest absolute Gasteiger partial charge is 0.314 e. The van der Waals surface area contributed by atoms with E-state index in [1.165, 1.54) is 19.3 Å². The number of carbonyl (C=O) groups is 1. The summed E-state index contributed by atoms with van der Waals surface area (Å²) in [4.78, 5) is 14.7. The minimum atomic E-state index is -0.872. The van der Waals surface area contributed by atoms with Gasteiger partial charge in [0.15, 0.2) is 5.82 Å². The Morgan fingerprint density at radius 3 is 2.78 bits per heavy atom. The van der Waals surface area contributed by atoms with Crippen LogP contribution in [0.1, 0.15) is 50.8 Å². The number of aromatic nitrogens is 2. The molecule has 6 heteroatoms. The number of thioether (sulfide) groups is 1. The van der Waals surface area contributed by atoms with Gasteiger partial charge in [-0.15, -0.1) is 0 Å². The number of aliphatic carboxylic acids is 1. The van der Waals surface area contributed by atoms with Gasteiger partial charge in [0.25, 0.3) is 5.22 Å². The Bertz CT molecular complexity index is 400. The molecule has 18 heavy (non-hydrogen) atoms. The van der Waals surface area contributed by atoms with Crippen molar-refractivity contribution in [2.75, 3.05) is 5.75 Å². The number of nitrogens with zero attached hydrogens (tertiary/aromatic N) is 2. The van der Waals surface area contributed by atoms with E-state index in [9.17, 15) is 4.79 Å². The molecule has 2 rings (SSSR count). The van der Waals surface area contributed by atoms with Gasteiger partial charge in [0, 0.05) is 5.92 Å². The van der Waals surface area contributed by atoms with Gasteiger partial charge in [-0.3, -0.25) is 4.79 Å². The van der Waals surface area contributed by atoms with Gasteiger partial charge >= 0.3 is 5.97 Å². The van der Waals surface area contributed by atoms with Crippen molar-refractivity contribution in [3.05, 3.63) is 5.82 Å². The second kappa shape index (κ2) is 6.22. The fraction of sp³-hybridized carbons (Fsp3) is 0.750. The van der Waals surface area contributed by atoms with E-state index in [1.54, 1.807) is 0 Å². The third kappa shape index (κ3) is 3.48. The van der Waals surface area contributed by atoms with Crippen molar-refractivity contribution in [1.29, 1.82) is 0 Å². The summed E-state index contributed by atoms with van der Waals surface area (Å²) in [6.07, 6.45) is 5.93. The van der Waals surface area contributed by atoms with Crippen LogP contribution in [0.4, 0.5) is 0 Å². The van der Waals surface area contributed by atoms with Crippen LogP contribution >= 0.6 is 11.8 Å². The first-order chi connectivity index (χ1) is 8.69. The normalized spacial score (nSPS) is 24.1. The van der Waals surface area contributed by atoms with E-state index in [0.717, 1.165) is 36.3 Å². The van der Waals surface area contributed by atoms with Crippen molar-refractivity contribution < 1.29 is 14.4 Å². The molecule has 1 heterocycles. The SMILES string of the molecule is CCC1CCC(c2noc(SCC(=O)O)n2)CC1. The third-order valence-corrected chi connectivity index (χ3v) is 4.34. The summed E-state index contributed by atoms with van der Waals surface area (Å²) in [7, 11) is 0. The molecule has 1 aliphatic carbocycles. The van der Waals surface area contributed by atoms with Crippen LogP contribution < -0.4 is 0 Å². The first-order valence-corrected chi connectivity index (χ1v) is 7.35. The molecule has 1 aromatic heterocycles. The summed E-state index contributed by atoms with van der Waals surface area (Å²) in [5.41, 5.74) is 0. The summed E-state index contributed by atoms with van der Waals surface area (Å²) in [6, 6.07) is 0. The predicted molar refractivity (Wildman–Crippen MR) is 67.6 cm³/mol. The highest BCUT2D eigenvalue weighted by atomic mass is 32.2. The molecular formula is C12H18N2O3S. The second-order valence-corrected chi connectivity index (χ2v) is 5.65. The molecule has 0 saturated heterocycles. The molecule has 0 spiro atoms. The second-order valence-electron chi connectivity index (χ2n) is 4.73. The maximum atomic E-state index is 10.4. The molecule has 0 bridgehead atoms. The van der Waals surface area contributed by atoms with Gasteiger partial charge in [-0.1, -0.05) is 30.3 Å². The van der Waals surface area contributed by atoms with E-state index < -0.39 is 5.97 Å². The maximum Gasteiger partial charge on any atom is 0.314 e.